The minimum Gasteiger partial charge on any atom is -0.383 e. The first-order chi connectivity index (χ1) is 14.8. The topological polar surface area (TPSA) is 101 Å². The van der Waals surface area contributed by atoms with E-state index < -0.39 is 10.0 Å². The van der Waals surface area contributed by atoms with Gasteiger partial charge in [-0.05, 0) is 49.9 Å². The molecule has 1 atom stereocenters. The Balaban J connectivity index is 1.67. The van der Waals surface area contributed by atoms with Crippen LogP contribution in [0.5, 0.6) is 0 Å². The largest absolute Gasteiger partial charge is 0.383 e. The molecule has 0 spiro atoms. The van der Waals surface area contributed by atoms with Gasteiger partial charge in [0.2, 0.25) is 10.0 Å². The van der Waals surface area contributed by atoms with Crippen LogP contribution in [-0.4, -0.2) is 57.6 Å². The summed E-state index contributed by atoms with van der Waals surface area (Å²) in [6.07, 6.45) is 2.47. The Kier molecular flexibility index (Phi) is 8.17. The second-order valence-corrected chi connectivity index (χ2v) is 10.6. The van der Waals surface area contributed by atoms with Gasteiger partial charge >= 0.3 is 0 Å². The van der Waals surface area contributed by atoms with Crippen molar-refractivity contribution >= 4 is 32.4 Å². The number of rotatable bonds is 9. The van der Waals surface area contributed by atoms with E-state index in [0.29, 0.717) is 22.2 Å². The number of amides is 1. The number of methoxy groups -OCH3 is 1. The van der Waals surface area contributed by atoms with E-state index in [9.17, 15) is 13.2 Å². The summed E-state index contributed by atoms with van der Waals surface area (Å²) in [7, 11) is -2.22. The van der Waals surface area contributed by atoms with E-state index in [1.807, 2.05) is 5.38 Å². The Morgan fingerprint density at radius 2 is 2.19 bits per heavy atom. The summed E-state index contributed by atoms with van der Waals surface area (Å²) in [6.45, 7) is 7.38. The van der Waals surface area contributed by atoms with Crippen molar-refractivity contribution in [3.63, 3.8) is 0 Å². The molecule has 0 bridgehead atoms. The first-order valence-electron chi connectivity index (χ1n) is 10.4. The van der Waals surface area contributed by atoms with E-state index in [0.717, 1.165) is 25.3 Å². The van der Waals surface area contributed by atoms with Crippen LogP contribution in [0.25, 0.3) is 0 Å². The third-order valence-corrected chi connectivity index (χ3v) is 7.53. The van der Waals surface area contributed by atoms with Crippen molar-refractivity contribution in [2.45, 2.75) is 38.1 Å². The third kappa shape index (κ3) is 6.56. The number of ether oxygens (including phenoxy) is 1. The zero-order valence-corrected chi connectivity index (χ0v) is 19.8. The molecule has 1 aromatic heterocycles. The molecule has 8 nitrogen and oxygen atoms in total. The number of likely N-dealkylation sites (tertiary alicyclic amines) is 1. The number of aryl methyl sites for hydroxylation is 1. The maximum absolute atomic E-state index is 12.8. The van der Waals surface area contributed by atoms with Gasteiger partial charge in [0.05, 0.1) is 17.2 Å². The number of hydrogen-bond acceptors (Lipinski definition) is 7. The van der Waals surface area contributed by atoms with Crippen LogP contribution in [0, 0.1) is 12.8 Å². The highest BCUT2D eigenvalue weighted by atomic mass is 32.2. The molecule has 2 heterocycles. The molecule has 0 aliphatic carbocycles. The van der Waals surface area contributed by atoms with Crippen molar-refractivity contribution in [1.82, 2.24) is 14.6 Å². The van der Waals surface area contributed by atoms with Gasteiger partial charge in [0, 0.05) is 37.7 Å². The summed E-state index contributed by atoms with van der Waals surface area (Å²) in [5.41, 5.74) is 1.92. The summed E-state index contributed by atoms with van der Waals surface area (Å²) >= 11 is 1.38. The highest BCUT2D eigenvalue weighted by Gasteiger charge is 2.20. The number of sulfonamides is 1. The molecule has 31 heavy (non-hydrogen) atoms. The standard InChI is InChI=1S/C21H30N4O4S2/c1-15-5-4-9-25(12-15)13-17-14-30-21(23-17)24-20(26)19-11-18(7-6-16(19)2)31(27,28)22-8-10-29-3/h6-7,11,14-15,22H,4-5,8-10,12-13H2,1-3H3,(H,23,24,26). The molecule has 1 aliphatic heterocycles. The van der Waals surface area contributed by atoms with E-state index in [4.69, 9.17) is 4.74 Å². The molecule has 0 radical (unpaired) electrons. The van der Waals surface area contributed by atoms with Gasteiger partial charge in [0.1, 0.15) is 0 Å². The van der Waals surface area contributed by atoms with Gasteiger partial charge in [-0.2, -0.15) is 0 Å². The summed E-state index contributed by atoms with van der Waals surface area (Å²) in [5, 5.41) is 5.28. The van der Waals surface area contributed by atoms with Crippen LogP contribution in [0.3, 0.4) is 0 Å². The monoisotopic (exact) mass is 466 g/mol. The lowest BCUT2D eigenvalue weighted by molar-refractivity contribution is 0.102. The quantitative estimate of drug-likeness (QED) is 0.551. The van der Waals surface area contributed by atoms with E-state index >= 15 is 0 Å². The molecule has 0 saturated carbocycles. The fraction of sp³-hybridized carbons (Fsp3) is 0.524. The number of aromatic nitrogens is 1. The molecular formula is C21H30N4O4S2. The number of hydrogen-bond donors (Lipinski definition) is 2. The first-order valence-corrected chi connectivity index (χ1v) is 12.7. The van der Waals surface area contributed by atoms with Gasteiger partial charge in [0.15, 0.2) is 5.13 Å². The Morgan fingerprint density at radius 1 is 1.39 bits per heavy atom. The number of nitrogens with zero attached hydrogens (tertiary/aromatic N) is 2. The summed E-state index contributed by atoms with van der Waals surface area (Å²) in [5.74, 6) is 0.320. The van der Waals surface area contributed by atoms with Gasteiger partial charge in [-0.15, -0.1) is 11.3 Å². The van der Waals surface area contributed by atoms with E-state index in [-0.39, 0.29) is 24.0 Å². The molecule has 10 heteroatoms. The fourth-order valence-corrected chi connectivity index (χ4v) is 5.37. The number of benzene rings is 1. The van der Waals surface area contributed by atoms with Crippen LogP contribution in [0.2, 0.25) is 0 Å². The lowest BCUT2D eigenvalue weighted by Gasteiger charge is -2.30. The number of piperidine rings is 1. The Hall–Kier alpha value is -1.85. The average molecular weight is 467 g/mol. The molecule has 1 aromatic carbocycles. The van der Waals surface area contributed by atoms with Crippen molar-refractivity contribution in [3.05, 3.63) is 40.4 Å². The van der Waals surface area contributed by atoms with Gasteiger partial charge in [-0.25, -0.2) is 18.1 Å². The maximum Gasteiger partial charge on any atom is 0.257 e. The Morgan fingerprint density at radius 3 is 2.94 bits per heavy atom. The van der Waals surface area contributed by atoms with Crippen LogP contribution in [-0.2, 0) is 21.3 Å². The Labute approximate surface area is 188 Å². The number of thiazole rings is 1. The van der Waals surface area contributed by atoms with E-state index in [2.05, 4.69) is 26.8 Å². The molecular weight excluding hydrogens is 436 g/mol. The molecule has 2 N–H and O–H groups in total. The second kappa shape index (κ2) is 10.6. The molecule has 2 aromatic rings. The normalized spacial score (nSPS) is 17.6. The molecule has 1 fully saturated rings. The number of carbonyl (C=O) groups is 1. The minimum absolute atomic E-state index is 0.0402. The molecule has 1 unspecified atom stereocenters. The highest BCUT2D eigenvalue weighted by Crippen LogP contribution is 2.22. The second-order valence-electron chi connectivity index (χ2n) is 7.95. The van der Waals surface area contributed by atoms with Gasteiger partial charge in [0.25, 0.3) is 5.91 Å². The van der Waals surface area contributed by atoms with Gasteiger partial charge in [-0.1, -0.05) is 13.0 Å². The molecule has 3 rings (SSSR count). The molecule has 170 valence electrons. The zero-order valence-electron chi connectivity index (χ0n) is 18.2. The van der Waals surface area contributed by atoms with Gasteiger partial charge < -0.3 is 4.74 Å². The summed E-state index contributed by atoms with van der Waals surface area (Å²) in [4.78, 5) is 19.8. The summed E-state index contributed by atoms with van der Waals surface area (Å²) in [6, 6.07) is 4.51. The lowest BCUT2D eigenvalue weighted by Crippen LogP contribution is -2.33. The SMILES string of the molecule is COCCNS(=O)(=O)c1ccc(C)c(C(=O)Nc2nc(CN3CCCC(C)C3)cs2)c1. The molecule has 1 amide bonds. The van der Waals surface area contributed by atoms with Crippen LogP contribution >= 0.6 is 11.3 Å². The predicted octanol–water partition coefficient (Wildman–Crippen LogP) is 2.86. The van der Waals surface area contributed by atoms with Crippen LogP contribution < -0.4 is 10.0 Å². The highest BCUT2D eigenvalue weighted by molar-refractivity contribution is 7.89. The first kappa shape index (κ1) is 23.8. The van der Waals surface area contributed by atoms with Crippen LogP contribution in [0.15, 0.2) is 28.5 Å². The third-order valence-electron chi connectivity index (χ3n) is 5.26. The van der Waals surface area contributed by atoms with Gasteiger partial charge in [-0.3, -0.25) is 15.0 Å². The minimum atomic E-state index is -3.72. The maximum atomic E-state index is 12.8. The van der Waals surface area contributed by atoms with Crippen LogP contribution in [0.1, 0.15) is 41.4 Å². The zero-order chi connectivity index (χ0) is 22.4. The van der Waals surface area contributed by atoms with Crippen molar-refractivity contribution in [3.8, 4) is 0 Å². The smallest absolute Gasteiger partial charge is 0.257 e. The van der Waals surface area contributed by atoms with Crippen molar-refractivity contribution in [2.75, 3.05) is 38.7 Å². The molecule has 1 saturated heterocycles. The fourth-order valence-electron chi connectivity index (χ4n) is 3.64. The average Bonchev–Trinajstić information content (AvgIpc) is 3.14. The molecule has 1 aliphatic rings. The Bertz CT molecular complexity index is 1010. The van der Waals surface area contributed by atoms with Crippen molar-refractivity contribution in [2.24, 2.45) is 5.92 Å². The van der Waals surface area contributed by atoms with E-state index in [1.54, 1.807) is 13.0 Å². The predicted molar refractivity (Wildman–Crippen MR) is 122 cm³/mol. The van der Waals surface area contributed by atoms with E-state index in [1.165, 1.54) is 43.4 Å². The lowest BCUT2D eigenvalue weighted by atomic mass is 10.0. The van der Waals surface area contributed by atoms with Crippen molar-refractivity contribution in [1.29, 1.82) is 0 Å². The number of carbonyl (C=O) groups excluding carboxylic acids is 1. The number of anilines is 1. The van der Waals surface area contributed by atoms with Crippen molar-refractivity contribution < 1.29 is 17.9 Å². The summed E-state index contributed by atoms with van der Waals surface area (Å²) < 4.78 is 32.2. The van der Waals surface area contributed by atoms with Crippen LogP contribution in [0.4, 0.5) is 5.13 Å². The number of nitrogens with one attached hydrogen (secondary N) is 2.